The second kappa shape index (κ2) is 6.87. The Morgan fingerprint density at radius 3 is 2.62 bits per heavy atom. The molecule has 0 fully saturated rings. The highest BCUT2D eigenvalue weighted by atomic mass is 35.5. The summed E-state index contributed by atoms with van der Waals surface area (Å²) in [5.74, 6) is -0.0233. The third-order valence-electron chi connectivity index (χ3n) is 5.03. The van der Waals surface area contributed by atoms with Gasteiger partial charge in [0.15, 0.2) is 0 Å². The van der Waals surface area contributed by atoms with Crippen molar-refractivity contribution in [1.82, 2.24) is 19.5 Å². The lowest BCUT2D eigenvalue weighted by molar-refractivity contribution is 0.630. The minimum Gasteiger partial charge on any atom is -0.351 e. The molecule has 0 atom stereocenters. The number of fused-ring (bicyclic) bond motifs is 1. The van der Waals surface area contributed by atoms with Crippen LogP contribution in [0.1, 0.15) is 0 Å². The zero-order valence-electron chi connectivity index (χ0n) is 15.5. The Morgan fingerprint density at radius 2 is 1.83 bits per heavy atom. The molecule has 6 heteroatoms. The molecule has 2 aromatic carbocycles. The standard InChI is InChI=1S/C23H16ClFN4/c1-29-10-9-15-11-14(6-8-21(15)29)19-7-5-16(12-26-19)20-13-27-23(28-20)22-17(24)3-2-4-18(22)25/h2-13H,1H3,(H,27,28). The number of aromatic amines is 1. The second-order valence-electron chi connectivity index (χ2n) is 6.87. The van der Waals surface area contributed by atoms with Crippen molar-refractivity contribution < 1.29 is 4.39 Å². The predicted octanol–water partition coefficient (Wildman–Crippen LogP) is 6.09. The molecule has 3 heterocycles. The monoisotopic (exact) mass is 402 g/mol. The fourth-order valence-electron chi connectivity index (χ4n) is 3.48. The minimum absolute atomic E-state index is 0.265. The molecule has 0 amide bonds. The fraction of sp³-hybridized carbons (Fsp3) is 0.0435. The van der Waals surface area contributed by atoms with Crippen LogP contribution in [0.3, 0.4) is 0 Å². The summed E-state index contributed by atoms with van der Waals surface area (Å²) in [7, 11) is 2.03. The van der Waals surface area contributed by atoms with Crippen molar-refractivity contribution in [3.8, 4) is 33.9 Å². The number of benzene rings is 2. The molecule has 0 aliphatic rings. The van der Waals surface area contributed by atoms with Gasteiger partial charge in [0.05, 0.1) is 28.2 Å². The van der Waals surface area contributed by atoms with Crippen LogP contribution in [0.4, 0.5) is 4.39 Å². The maximum absolute atomic E-state index is 14.1. The van der Waals surface area contributed by atoms with Crippen LogP contribution in [0.25, 0.3) is 44.8 Å². The van der Waals surface area contributed by atoms with Crippen LogP contribution in [0.2, 0.25) is 5.02 Å². The lowest BCUT2D eigenvalue weighted by Crippen LogP contribution is -1.89. The highest BCUT2D eigenvalue weighted by Crippen LogP contribution is 2.30. The van der Waals surface area contributed by atoms with Gasteiger partial charge in [-0.2, -0.15) is 0 Å². The number of nitrogens with one attached hydrogen (secondary N) is 1. The Labute approximate surface area is 171 Å². The van der Waals surface area contributed by atoms with Crippen molar-refractivity contribution in [3.05, 3.63) is 84.0 Å². The summed E-state index contributed by atoms with van der Waals surface area (Å²) < 4.78 is 16.2. The number of hydrogen-bond acceptors (Lipinski definition) is 2. The number of imidazole rings is 1. The molecule has 3 aromatic heterocycles. The average molecular weight is 403 g/mol. The number of aryl methyl sites for hydroxylation is 1. The Hall–Kier alpha value is -3.44. The van der Waals surface area contributed by atoms with E-state index in [9.17, 15) is 4.39 Å². The normalized spacial score (nSPS) is 11.3. The molecular formula is C23H16ClFN4. The lowest BCUT2D eigenvalue weighted by Gasteiger charge is -2.04. The molecule has 4 nitrogen and oxygen atoms in total. The Balaban J connectivity index is 1.47. The van der Waals surface area contributed by atoms with Crippen molar-refractivity contribution >= 4 is 22.5 Å². The van der Waals surface area contributed by atoms with Crippen molar-refractivity contribution in [2.45, 2.75) is 0 Å². The maximum Gasteiger partial charge on any atom is 0.142 e. The minimum atomic E-state index is -0.414. The van der Waals surface area contributed by atoms with Gasteiger partial charge in [0, 0.05) is 41.5 Å². The number of nitrogens with zero attached hydrogens (tertiary/aromatic N) is 3. The van der Waals surface area contributed by atoms with Gasteiger partial charge in [0.25, 0.3) is 0 Å². The number of H-pyrrole nitrogens is 1. The summed E-state index contributed by atoms with van der Waals surface area (Å²) in [6, 6.07) is 16.9. The number of halogens is 2. The maximum atomic E-state index is 14.1. The lowest BCUT2D eigenvalue weighted by atomic mass is 10.1. The number of aromatic nitrogens is 4. The van der Waals surface area contributed by atoms with Crippen molar-refractivity contribution in [3.63, 3.8) is 0 Å². The van der Waals surface area contributed by atoms with E-state index in [4.69, 9.17) is 11.6 Å². The molecule has 0 aliphatic heterocycles. The van der Waals surface area contributed by atoms with Crippen LogP contribution in [-0.4, -0.2) is 19.5 Å². The first-order valence-electron chi connectivity index (χ1n) is 9.11. The molecule has 0 spiro atoms. The zero-order valence-corrected chi connectivity index (χ0v) is 16.3. The van der Waals surface area contributed by atoms with Crippen molar-refractivity contribution in [2.75, 3.05) is 0 Å². The van der Waals surface area contributed by atoms with Crippen LogP contribution >= 0.6 is 11.6 Å². The van der Waals surface area contributed by atoms with Gasteiger partial charge in [-0.25, -0.2) is 9.37 Å². The SMILES string of the molecule is Cn1ccc2cc(-c3ccc(-c4cnc(-c5c(F)cccc5Cl)[nH]4)cn3)ccc21. The van der Waals surface area contributed by atoms with Gasteiger partial charge in [-0.15, -0.1) is 0 Å². The van der Waals surface area contributed by atoms with E-state index in [0.29, 0.717) is 10.8 Å². The van der Waals surface area contributed by atoms with Crippen LogP contribution < -0.4 is 0 Å². The molecule has 29 heavy (non-hydrogen) atoms. The van der Waals surface area contributed by atoms with E-state index < -0.39 is 5.82 Å². The molecular weight excluding hydrogens is 387 g/mol. The number of hydrogen-bond donors (Lipinski definition) is 1. The van der Waals surface area contributed by atoms with E-state index in [1.807, 2.05) is 25.4 Å². The number of rotatable bonds is 3. The third kappa shape index (κ3) is 3.09. The summed E-state index contributed by atoms with van der Waals surface area (Å²) in [6.07, 6.45) is 5.48. The number of pyridine rings is 1. The molecule has 5 rings (SSSR count). The fourth-order valence-corrected chi connectivity index (χ4v) is 3.74. The molecule has 0 unspecified atom stereocenters. The van der Waals surface area contributed by atoms with Crippen molar-refractivity contribution in [1.29, 1.82) is 0 Å². The summed E-state index contributed by atoms with van der Waals surface area (Å²) in [4.78, 5) is 12.0. The van der Waals surface area contributed by atoms with Crippen LogP contribution in [-0.2, 0) is 7.05 Å². The molecule has 0 radical (unpaired) electrons. The van der Waals surface area contributed by atoms with E-state index in [-0.39, 0.29) is 5.56 Å². The molecule has 142 valence electrons. The van der Waals surface area contributed by atoms with Crippen LogP contribution in [0, 0.1) is 5.82 Å². The first-order valence-corrected chi connectivity index (χ1v) is 9.49. The van der Waals surface area contributed by atoms with Gasteiger partial charge < -0.3 is 9.55 Å². The smallest absolute Gasteiger partial charge is 0.142 e. The summed E-state index contributed by atoms with van der Waals surface area (Å²) in [5, 5.41) is 1.49. The highest BCUT2D eigenvalue weighted by molar-refractivity contribution is 6.33. The topological polar surface area (TPSA) is 46.5 Å². The Morgan fingerprint density at radius 1 is 0.966 bits per heavy atom. The van der Waals surface area contributed by atoms with Gasteiger partial charge in [0.1, 0.15) is 11.6 Å². The van der Waals surface area contributed by atoms with E-state index >= 15 is 0 Å². The van der Waals surface area contributed by atoms with E-state index in [1.54, 1.807) is 24.5 Å². The van der Waals surface area contributed by atoms with Gasteiger partial charge in [-0.3, -0.25) is 4.98 Å². The van der Waals surface area contributed by atoms with Gasteiger partial charge in [-0.1, -0.05) is 23.7 Å². The van der Waals surface area contributed by atoms with Crippen molar-refractivity contribution in [2.24, 2.45) is 7.05 Å². The molecule has 5 aromatic rings. The highest BCUT2D eigenvalue weighted by Gasteiger charge is 2.14. The summed E-state index contributed by atoms with van der Waals surface area (Å²) in [6.45, 7) is 0. The first-order chi connectivity index (χ1) is 14.1. The second-order valence-corrected chi connectivity index (χ2v) is 7.28. The van der Waals surface area contributed by atoms with Gasteiger partial charge in [0.2, 0.25) is 0 Å². The first kappa shape index (κ1) is 17.6. The summed E-state index contributed by atoms with van der Waals surface area (Å²) >= 11 is 6.14. The Bertz CT molecular complexity index is 1310. The summed E-state index contributed by atoms with van der Waals surface area (Å²) in [5.41, 5.74) is 5.00. The average Bonchev–Trinajstić information content (AvgIpc) is 3.35. The van der Waals surface area contributed by atoms with E-state index in [1.165, 1.54) is 17.0 Å². The third-order valence-corrected chi connectivity index (χ3v) is 5.35. The predicted molar refractivity (Wildman–Crippen MR) is 114 cm³/mol. The zero-order chi connectivity index (χ0) is 20.0. The Kier molecular flexibility index (Phi) is 4.18. The molecule has 0 saturated heterocycles. The molecule has 1 N–H and O–H groups in total. The van der Waals surface area contributed by atoms with Gasteiger partial charge >= 0.3 is 0 Å². The van der Waals surface area contributed by atoms with Crippen LogP contribution in [0.15, 0.2) is 73.2 Å². The molecule has 0 bridgehead atoms. The van der Waals surface area contributed by atoms with Gasteiger partial charge in [-0.05, 0) is 42.5 Å². The molecule has 0 aliphatic carbocycles. The van der Waals surface area contributed by atoms with E-state index in [2.05, 4.69) is 43.8 Å². The quantitative estimate of drug-likeness (QED) is 0.397. The largest absolute Gasteiger partial charge is 0.351 e. The van der Waals surface area contributed by atoms with Crippen LogP contribution in [0.5, 0.6) is 0 Å². The van der Waals surface area contributed by atoms with E-state index in [0.717, 1.165) is 22.5 Å². The molecule has 0 saturated carbocycles.